The normalized spacial score (nSPS) is 11.1. The predicted octanol–water partition coefficient (Wildman–Crippen LogP) is 7.15. The Balaban J connectivity index is 1.66. The predicted molar refractivity (Wildman–Crippen MR) is 146 cm³/mol. The van der Waals surface area contributed by atoms with Crippen molar-refractivity contribution in [1.82, 2.24) is 8.97 Å². The first-order valence-corrected chi connectivity index (χ1v) is 12.4. The first-order chi connectivity index (χ1) is 17.7. The van der Waals surface area contributed by atoms with Gasteiger partial charge in [-0.05, 0) is 47.5 Å². The lowest BCUT2D eigenvalue weighted by atomic mass is 9.99. The van der Waals surface area contributed by atoms with Crippen molar-refractivity contribution in [3.05, 3.63) is 125 Å². The number of nitriles is 1. The van der Waals surface area contributed by atoms with Gasteiger partial charge >= 0.3 is 0 Å². The molecule has 0 amide bonds. The Morgan fingerprint density at radius 2 is 1.28 bits per heavy atom. The fraction of sp³-hybridized carbons (Fsp3) is 0.0323. The van der Waals surface area contributed by atoms with Gasteiger partial charge in [-0.1, -0.05) is 84.6 Å². The largest absolute Gasteiger partial charge is 0.308 e. The second-order valence-electron chi connectivity index (χ2n) is 8.55. The summed E-state index contributed by atoms with van der Waals surface area (Å²) in [4.78, 5) is 16.0. The molecule has 0 fully saturated rings. The van der Waals surface area contributed by atoms with E-state index in [4.69, 9.17) is 0 Å². The monoisotopic (exact) mass is 483 g/mol. The molecular formula is C31H21N3OS. The van der Waals surface area contributed by atoms with Crippen LogP contribution in [0.3, 0.4) is 0 Å². The lowest BCUT2D eigenvalue weighted by Crippen LogP contribution is -2.20. The van der Waals surface area contributed by atoms with Crippen LogP contribution in [-0.4, -0.2) is 8.97 Å². The first kappa shape index (κ1) is 22.0. The molecule has 4 nitrogen and oxygen atoms in total. The molecule has 5 heteroatoms. The second-order valence-corrected chi connectivity index (χ2v) is 9.70. The lowest BCUT2D eigenvalue weighted by Gasteiger charge is -2.11. The summed E-state index contributed by atoms with van der Waals surface area (Å²) >= 11 is 1.68. The van der Waals surface area contributed by atoms with Gasteiger partial charge < -0.3 is 8.97 Å². The smallest absolute Gasteiger partial charge is 0.275 e. The van der Waals surface area contributed by atoms with Crippen LogP contribution < -0.4 is 5.56 Å². The zero-order valence-electron chi connectivity index (χ0n) is 19.6. The van der Waals surface area contributed by atoms with E-state index < -0.39 is 0 Å². The van der Waals surface area contributed by atoms with Crippen molar-refractivity contribution in [2.75, 3.05) is 0 Å². The van der Waals surface area contributed by atoms with Gasteiger partial charge in [-0.15, -0.1) is 0 Å². The maximum Gasteiger partial charge on any atom is 0.275 e. The number of aryl methyl sites for hydroxylation is 1. The molecule has 0 radical (unpaired) electrons. The van der Waals surface area contributed by atoms with E-state index in [1.165, 1.54) is 0 Å². The van der Waals surface area contributed by atoms with Crippen LogP contribution in [0.15, 0.2) is 124 Å². The third-order valence-electron chi connectivity index (χ3n) is 6.44. The highest BCUT2D eigenvalue weighted by atomic mass is 32.2. The summed E-state index contributed by atoms with van der Waals surface area (Å²) < 4.78 is 3.64. The topological polar surface area (TPSA) is 50.2 Å². The van der Waals surface area contributed by atoms with Crippen LogP contribution in [0.4, 0.5) is 0 Å². The van der Waals surface area contributed by atoms with Gasteiger partial charge in [0.2, 0.25) is 0 Å². The molecule has 0 unspecified atom stereocenters. The van der Waals surface area contributed by atoms with Crippen molar-refractivity contribution in [3.8, 4) is 28.5 Å². The van der Waals surface area contributed by atoms with Crippen LogP contribution in [-0.2, 0) is 7.05 Å². The average molecular weight is 484 g/mol. The molecule has 0 N–H and O–H groups in total. The molecule has 172 valence electrons. The number of para-hydroxylation sites is 2. The number of fused-ring (bicyclic) bond motifs is 3. The first-order valence-electron chi connectivity index (χ1n) is 11.6. The lowest BCUT2D eigenvalue weighted by molar-refractivity contribution is 0.901. The van der Waals surface area contributed by atoms with Crippen molar-refractivity contribution >= 4 is 28.3 Å². The summed E-state index contributed by atoms with van der Waals surface area (Å²) in [5, 5.41) is 10.4. The molecule has 0 spiro atoms. The Morgan fingerprint density at radius 3 is 1.94 bits per heavy atom. The van der Waals surface area contributed by atoms with Gasteiger partial charge in [0.15, 0.2) is 0 Å². The van der Waals surface area contributed by atoms with Gasteiger partial charge in [0.05, 0.1) is 22.3 Å². The Labute approximate surface area is 212 Å². The van der Waals surface area contributed by atoms with E-state index in [1.807, 2.05) is 101 Å². The number of hydrogen-bond acceptors (Lipinski definition) is 3. The summed E-state index contributed by atoms with van der Waals surface area (Å²) in [5.74, 6) is 0. The van der Waals surface area contributed by atoms with E-state index in [0.29, 0.717) is 16.6 Å². The van der Waals surface area contributed by atoms with E-state index in [-0.39, 0.29) is 5.56 Å². The van der Waals surface area contributed by atoms with Crippen molar-refractivity contribution < 1.29 is 0 Å². The summed E-state index contributed by atoms with van der Waals surface area (Å²) in [6.07, 6.45) is 0. The van der Waals surface area contributed by atoms with Crippen molar-refractivity contribution in [2.24, 2.45) is 7.05 Å². The molecular weight excluding hydrogens is 462 g/mol. The fourth-order valence-corrected chi connectivity index (χ4v) is 5.63. The zero-order chi connectivity index (χ0) is 24.6. The van der Waals surface area contributed by atoms with Crippen molar-refractivity contribution in [2.45, 2.75) is 9.79 Å². The minimum absolute atomic E-state index is 0.134. The van der Waals surface area contributed by atoms with E-state index in [0.717, 1.165) is 37.6 Å². The van der Waals surface area contributed by atoms with Crippen LogP contribution >= 0.6 is 11.8 Å². The summed E-state index contributed by atoms with van der Waals surface area (Å²) in [5.41, 5.74) is 5.71. The van der Waals surface area contributed by atoms with Crippen LogP contribution in [0.2, 0.25) is 0 Å². The average Bonchev–Trinajstić information content (AvgIpc) is 3.29. The van der Waals surface area contributed by atoms with E-state index in [9.17, 15) is 10.1 Å². The maximum absolute atomic E-state index is 13.8. The van der Waals surface area contributed by atoms with Gasteiger partial charge in [-0.25, -0.2) is 0 Å². The molecule has 0 aliphatic rings. The molecule has 4 aromatic carbocycles. The number of aromatic nitrogens is 2. The quantitative estimate of drug-likeness (QED) is 0.268. The van der Waals surface area contributed by atoms with Crippen molar-refractivity contribution in [3.63, 3.8) is 0 Å². The highest BCUT2D eigenvalue weighted by molar-refractivity contribution is 7.99. The standard InChI is InChI=1S/C31H21N3OS/c1-33-26-14-8-9-15-27(26)34-29(22-10-4-2-5-11-22)25(20-32)28(30(34)31(33)35)21-16-18-24(19-17-21)36-23-12-6-3-7-13-23/h2-19H,1H3. The minimum atomic E-state index is -0.134. The molecule has 6 aromatic rings. The number of rotatable bonds is 4. The Kier molecular flexibility index (Phi) is 5.44. The van der Waals surface area contributed by atoms with Crippen LogP contribution in [0.25, 0.3) is 38.9 Å². The van der Waals surface area contributed by atoms with E-state index in [2.05, 4.69) is 18.2 Å². The molecule has 0 atom stereocenters. The third-order valence-corrected chi connectivity index (χ3v) is 7.46. The van der Waals surface area contributed by atoms with Crippen LogP contribution in [0.1, 0.15) is 5.56 Å². The second kappa shape index (κ2) is 8.92. The number of benzene rings is 4. The third kappa shape index (κ3) is 3.51. The molecule has 0 saturated heterocycles. The molecule has 0 aliphatic heterocycles. The Bertz CT molecular complexity index is 1830. The zero-order valence-corrected chi connectivity index (χ0v) is 20.4. The molecule has 2 heterocycles. The van der Waals surface area contributed by atoms with E-state index in [1.54, 1.807) is 23.4 Å². The highest BCUT2D eigenvalue weighted by Gasteiger charge is 2.25. The molecule has 0 bridgehead atoms. The van der Waals surface area contributed by atoms with Gasteiger partial charge in [0.1, 0.15) is 11.6 Å². The molecule has 36 heavy (non-hydrogen) atoms. The molecule has 0 saturated carbocycles. The SMILES string of the molecule is Cn1c(=O)c2c(-c3ccc(Sc4ccccc4)cc3)c(C#N)c(-c3ccccc3)n2c2ccccc21. The summed E-state index contributed by atoms with van der Waals surface area (Å²) in [7, 11) is 1.79. The van der Waals surface area contributed by atoms with E-state index >= 15 is 0 Å². The molecule has 0 aliphatic carbocycles. The van der Waals surface area contributed by atoms with Gasteiger partial charge in [0.25, 0.3) is 5.56 Å². The Hall–Kier alpha value is -4.53. The highest BCUT2D eigenvalue weighted by Crippen LogP contribution is 2.39. The molecule has 2 aromatic heterocycles. The maximum atomic E-state index is 13.8. The van der Waals surface area contributed by atoms with Gasteiger partial charge in [-0.3, -0.25) is 4.79 Å². The van der Waals surface area contributed by atoms with Gasteiger partial charge in [0, 0.05) is 22.4 Å². The molecule has 6 rings (SSSR count). The van der Waals surface area contributed by atoms with Crippen molar-refractivity contribution in [1.29, 1.82) is 5.26 Å². The Morgan fingerprint density at radius 1 is 0.694 bits per heavy atom. The minimum Gasteiger partial charge on any atom is -0.308 e. The van der Waals surface area contributed by atoms with Gasteiger partial charge in [-0.2, -0.15) is 5.26 Å². The summed E-state index contributed by atoms with van der Waals surface area (Å²) in [6, 6.07) is 38.4. The number of nitrogens with zero attached hydrogens (tertiary/aromatic N) is 3. The summed E-state index contributed by atoms with van der Waals surface area (Å²) in [6.45, 7) is 0. The van der Waals surface area contributed by atoms with Crippen LogP contribution in [0, 0.1) is 11.3 Å². The fourth-order valence-electron chi connectivity index (χ4n) is 4.79. The van der Waals surface area contributed by atoms with Crippen LogP contribution in [0.5, 0.6) is 0 Å². The number of hydrogen-bond donors (Lipinski definition) is 0.